The van der Waals surface area contributed by atoms with Crippen molar-refractivity contribution in [1.82, 2.24) is 0 Å². The lowest BCUT2D eigenvalue weighted by Gasteiger charge is -2.27. The van der Waals surface area contributed by atoms with Gasteiger partial charge in [-0.2, -0.15) is 0 Å². The molecule has 0 spiro atoms. The third kappa shape index (κ3) is 3.03. The Labute approximate surface area is 110 Å². The van der Waals surface area contributed by atoms with E-state index in [1.165, 1.54) is 4.31 Å². The first-order valence-corrected chi connectivity index (χ1v) is 7.75. The molecule has 0 bridgehead atoms. The van der Waals surface area contributed by atoms with Gasteiger partial charge in [-0.3, -0.25) is 4.31 Å². The van der Waals surface area contributed by atoms with E-state index in [4.69, 9.17) is 5.73 Å². The van der Waals surface area contributed by atoms with Crippen molar-refractivity contribution in [3.63, 3.8) is 0 Å². The molecular weight excluding hydrogens is 248 g/mol. The van der Waals surface area contributed by atoms with Crippen LogP contribution in [-0.4, -0.2) is 26.8 Å². The summed E-state index contributed by atoms with van der Waals surface area (Å²) in [4.78, 5) is 0. The van der Waals surface area contributed by atoms with Crippen LogP contribution in [0.2, 0.25) is 0 Å². The van der Waals surface area contributed by atoms with Crippen LogP contribution in [0.3, 0.4) is 0 Å². The summed E-state index contributed by atoms with van der Waals surface area (Å²) in [6.45, 7) is 6.23. The van der Waals surface area contributed by atoms with Crippen LogP contribution in [0.15, 0.2) is 24.3 Å². The average Bonchev–Trinajstić information content (AvgIpc) is 2.33. The maximum absolute atomic E-state index is 12.5. The smallest absolute Gasteiger partial charge is 0.239 e. The van der Waals surface area contributed by atoms with Crippen LogP contribution in [-0.2, 0) is 10.0 Å². The van der Waals surface area contributed by atoms with Gasteiger partial charge < -0.3 is 5.73 Å². The van der Waals surface area contributed by atoms with Gasteiger partial charge in [0, 0.05) is 13.1 Å². The SMILES string of the molecule is CCC(CN)S(=O)(=O)N(CC)c1ccc(C)cc1. The van der Waals surface area contributed by atoms with E-state index in [0.717, 1.165) is 5.56 Å². The summed E-state index contributed by atoms with van der Waals surface area (Å²) in [5.74, 6) is 0. The second kappa shape index (κ2) is 6.20. The molecule has 5 heteroatoms. The van der Waals surface area contributed by atoms with E-state index in [1.54, 1.807) is 0 Å². The Hall–Kier alpha value is -1.07. The van der Waals surface area contributed by atoms with Gasteiger partial charge in [0.2, 0.25) is 10.0 Å². The first-order chi connectivity index (χ1) is 8.47. The van der Waals surface area contributed by atoms with E-state index >= 15 is 0 Å². The molecule has 18 heavy (non-hydrogen) atoms. The van der Waals surface area contributed by atoms with E-state index in [2.05, 4.69) is 0 Å². The zero-order valence-electron chi connectivity index (χ0n) is 11.3. The van der Waals surface area contributed by atoms with Crippen LogP contribution in [0.4, 0.5) is 5.69 Å². The molecule has 0 radical (unpaired) electrons. The Bertz CT molecular complexity index is 464. The summed E-state index contributed by atoms with van der Waals surface area (Å²) in [7, 11) is -3.37. The number of anilines is 1. The molecule has 0 amide bonds. The average molecular weight is 270 g/mol. The van der Waals surface area contributed by atoms with Crippen LogP contribution in [0.25, 0.3) is 0 Å². The van der Waals surface area contributed by atoms with Crippen LogP contribution in [0.1, 0.15) is 25.8 Å². The third-order valence-corrected chi connectivity index (χ3v) is 5.51. The van der Waals surface area contributed by atoms with Gasteiger partial charge >= 0.3 is 0 Å². The minimum Gasteiger partial charge on any atom is -0.329 e. The van der Waals surface area contributed by atoms with Crippen LogP contribution >= 0.6 is 0 Å². The summed E-state index contributed by atoms with van der Waals surface area (Å²) in [5, 5.41) is -0.515. The van der Waals surface area contributed by atoms with E-state index < -0.39 is 15.3 Å². The number of nitrogens with zero attached hydrogens (tertiary/aromatic N) is 1. The van der Waals surface area contributed by atoms with Gasteiger partial charge in [-0.1, -0.05) is 24.6 Å². The van der Waals surface area contributed by atoms with Gasteiger partial charge in [0.15, 0.2) is 0 Å². The Morgan fingerprint density at radius 3 is 2.17 bits per heavy atom. The number of hydrogen-bond acceptors (Lipinski definition) is 3. The highest BCUT2D eigenvalue weighted by molar-refractivity contribution is 7.93. The Balaban J connectivity index is 3.13. The molecule has 2 N–H and O–H groups in total. The normalized spacial score (nSPS) is 13.3. The molecule has 1 rings (SSSR count). The molecule has 1 aromatic rings. The largest absolute Gasteiger partial charge is 0.329 e. The van der Waals surface area contributed by atoms with Gasteiger partial charge in [-0.05, 0) is 32.4 Å². The van der Waals surface area contributed by atoms with Crippen LogP contribution in [0.5, 0.6) is 0 Å². The number of benzene rings is 1. The molecule has 0 saturated heterocycles. The minimum atomic E-state index is -3.37. The lowest BCUT2D eigenvalue weighted by molar-refractivity contribution is 0.571. The van der Waals surface area contributed by atoms with Gasteiger partial charge in [0.25, 0.3) is 0 Å². The molecule has 0 saturated carbocycles. The number of aryl methyl sites for hydroxylation is 1. The predicted octanol–water partition coefficient (Wildman–Crippen LogP) is 1.89. The summed E-state index contributed by atoms with van der Waals surface area (Å²) in [6, 6.07) is 7.49. The summed E-state index contributed by atoms with van der Waals surface area (Å²) in [6.07, 6.45) is 0.529. The molecule has 0 aliphatic carbocycles. The molecule has 4 nitrogen and oxygen atoms in total. The molecule has 102 valence electrons. The Kier molecular flexibility index (Phi) is 5.16. The molecule has 0 heterocycles. The van der Waals surface area contributed by atoms with Crippen molar-refractivity contribution in [3.8, 4) is 0 Å². The second-order valence-electron chi connectivity index (χ2n) is 4.31. The molecule has 1 aromatic carbocycles. The summed E-state index contributed by atoms with van der Waals surface area (Å²) in [5.41, 5.74) is 7.37. The summed E-state index contributed by atoms with van der Waals surface area (Å²) >= 11 is 0. The highest BCUT2D eigenvalue weighted by atomic mass is 32.2. The van der Waals surface area contributed by atoms with Gasteiger partial charge in [0.05, 0.1) is 10.9 Å². The molecule has 0 aliphatic heterocycles. The van der Waals surface area contributed by atoms with E-state index in [1.807, 2.05) is 45.0 Å². The first kappa shape index (κ1) is 15.0. The number of sulfonamides is 1. The van der Waals surface area contributed by atoms with Crippen molar-refractivity contribution in [3.05, 3.63) is 29.8 Å². The lowest BCUT2D eigenvalue weighted by atomic mass is 10.2. The highest BCUT2D eigenvalue weighted by Crippen LogP contribution is 2.22. The van der Waals surface area contributed by atoms with Gasteiger partial charge in [-0.15, -0.1) is 0 Å². The molecule has 0 aliphatic rings. The zero-order chi connectivity index (χ0) is 13.8. The van der Waals surface area contributed by atoms with Crippen LogP contribution in [0, 0.1) is 6.92 Å². The maximum atomic E-state index is 12.5. The van der Waals surface area contributed by atoms with Gasteiger partial charge in [0.1, 0.15) is 0 Å². The fourth-order valence-electron chi connectivity index (χ4n) is 1.90. The summed E-state index contributed by atoms with van der Waals surface area (Å²) < 4.78 is 26.3. The van der Waals surface area contributed by atoms with Crippen LogP contribution < -0.4 is 10.0 Å². The van der Waals surface area contributed by atoms with Gasteiger partial charge in [-0.25, -0.2) is 8.42 Å². The number of rotatable bonds is 6. The van der Waals surface area contributed by atoms with E-state index in [9.17, 15) is 8.42 Å². The monoisotopic (exact) mass is 270 g/mol. The molecule has 0 fully saturated rings. The topological polar surface area (TPSA) is 63.4 Å². The Morgan fingerprint density at radius 2 is 1.78 bits per heavy atom. The molecule has 0 aromatic heterocycles. The van der Waals surface area contributed by atoms with Crippen molar-refractivity contribution < 1.29 is 8.42 Å². The highest BCUT2D eigenvalue weighted by Gasteiger charge is 2.29. The molecule has 1 atom stereocenters. The number of nitrogens with two attached hydrogens (primary N) is 1. The predicted molar refractivity (Wildman–Crippen MR) is 76.3 cm³/mol. The number of hydrogen-bond donors (Lipinski definition) is 1. The van der Waals surface area contributed by atoms with Crippen molar-refractivity contribution in [2.75, 3.05) is 17.4 Å². The maximum Gasteiger partial charge on any atom is 0.239 e. The molecular formula is C13H22N2O2S. The van der Waals surface area contributed by atoms with E-state index in [-0.39, 0.29) is 6.54 Å². The van der Waals surface area contributed by atoms with Crippen molar-refractivity contribution >= 4 is 15.7 Å². The zero-order valence-corrected chi connectivity index (χ0v) is 12.1. The quantitative estimate of drug-likeness (QED) is 0.858. The Morgan fingerprint density at radius 1 is 1.22 bits per heavy atom. The minimum absolute atomic E-state index is 0.154. The lowest BCUT2D eigenvalue weighted by Crippen LogP contribution is -2.42. The van der Waals surface area contributed by atoms with E-state index in [0.29, 0.717) is 18.7 Å². The van der Waals surface area contributed by atoms with Crippen molar-refractivity contribution in [1.29, 1.82) is 0 Å². The van der Waals surface area contributed by atoms with Crippen molar-refractivity contribution in [2.45, 2.75) is 32.4 Å². The molecule has 1 unspecified atom stereocenters. The van der Waals surface area contributed by atoms with Crippen molar-refractivity contribution in [2.24, 2.45) is 5.73 Å². The first-order valence-electron chi connectivity index (χ1n) is 6.25. The third-order valence-electron chi connectivity index (χ3n) is 3.06. The fraction of sp³-hybridized carbons (Fsp3) is 0.538. The second-order valence-corrected chi connectivity index (χ2v) is 6.45. The fourth-order valence-corrected chi connectivity index (χ4v) is 3.70. The standard InChI is InChI=1S/C13H22N2O2S/c1-4-13(10-14)18(16,17)15(5-2)12-8-6-11(3)7-9-12/h6-9,13H,4-5,10,14H2,1-3H3.